The topological polar surface area (TPSA) is 98.1 Å². The van der Waals surface area contributed by atoms with Gasteiger partial charge in [-0.1, -0.05) is 25.4 Å². The molecule has 1 aromatic carbocycles. The van der Waals surface area contributed by atoms with Gasteiger partial charge in [-0.3, -0.25) is 9.98 Å². The molecule has 1 unspecified atom stereocenters. The molecular formula is C19H19ClN2O5. The lowest BCUT2D eigenvalue weighted by molar-refractivity contribution is -0.143. The molecule has 0 aliphatic rings. The van der Waals surface area contributed by atoms with Crippen LogP contribution in [0.1, 0.15) is 29.8 Å². The van der Waals surface area contributed by atoms with Crippen molar-refractivity contribution in [1.82, 2.24) is 4.98 Å². The van der Waals surface area contributed by atoms with Crippen LogP contribution in [0.4, 0.5) is 0 Å². The summed E-state index contributed by atoms with van der Waals surface area (Å²) in [5.74, 6) is -1.76. The number of nitrogens with zero attached hydrogens (tertiary/aromatic N) is 2. The number of aromatic nitrogens is 1. The molecule has 0 aliphatic heterocycles. The van der Waals surface area contributed by atoms with Crippen molar-refractivity contribution in [3.8, 4) is 11.5 Å². The minimum Gasteiger partial charge on any atom is -0.504 e. The molecule has 8 heteroatoms. The zero-order valence-electron chi connectivity index (χ0n) is 15.0. The van der Waals surface area contributed by atoms with Crippen molar-refractivity contribution in [1.29, 1.82) is 0 Å². The van der Waals surface area contributed by atoms with Gasteiger partial charge in [-0.2, -0.15) is 0 Å². The highest BCUT2D eigenvalue weighted by atomic mass is 35.5. The number of benzene rings is 1. The minimum atomic E-state index is -0.741. The Morgan fingerprint density at radius 2 is 2.07 bits per heavy atom. The van der Waals surface area contributed by atoms with Crippen molar-refractivity contribution in [2.45, 2.75) is 19.9 Å². The number of carbonyl (C=O) groups excluding carboxylic acids is 2. The quantitative estimate of drug-likeness (QED) is 0.461. The molecule has 0 saturated heterocycles. The Balaban J connectivity index is 2.30. The molecule has 2 aromatic rings. The van der Waals surface area contributed by atoms with Gasteiger partial charge in [-0.15, -0.1) is 0 Å². The molecule has 0 bridgehead atoms. The fraction of sp³-hybridized carbons (Fsp3) is 0.263. The highest BCUT2D eigenvalue weighted by Crippen LogP contribution is 2.33. The van der Waals surface area contributed by atoms with Gasteiger partial charge >= 0.3 is 11.9 Å². The summed E-state index contributed by atoms with van der Waals surface area (Å²) in [6.45, 7) is 3.63. The number of hydrogen-bond acceptors (Lipinski definition) is 7. The Morgan fingerprint density at radius 1 is 1.33 bits per heavy atom. The van der Waals surface area contributed by atoms with Gasteiger partial charge in [0, 0.05) is 35.3 Å². The number of halogens is 1. The Hall–Kier alpha value is -2.93. The molecule has 2 rings (SSSR count). The molecule has 1 heterocycles. The third kappa shape index (κ3) is 5.27. The van der Waals surface area contributed by atoms with Gasteiger partial charge in [-0.25, -0.2) is 9.59 Å². The lowest BCUT2D eigenvalue weighted by Crippen LogP contribution is -2.26. The Labute approximate surface area is 161 Å². The molecule has 7 nitrogen and oxygen atoms in total. The van der Waals surface area contributed by atoms with Crippen LogP contribution in [0.15, 0.2) is 41.7 Å². The van der Waals surface area contributed by atoms with Gasteiger partial charge in [0.2, 0.25) is 0 Å². The maximum Gasteiger partial charge on any atom is 0.345 e. The van der Waals surface area contributed by atoms with Crippen molar-refractivity contribution in [2.24, 2.45) is 10.9 Å². The summed E-state index contributed by atoms with van der Waals surface area (Å²) in [5, 5.41) is 10.6. The molecule has 0 amide bonds. The van der Waals surface area contributed by atoms with E-state index in [2.05, 4.69) is 9.98 Å². The van der Waals surface area contributed by atoms with Crippen LogP contribution in [0.2, 0.25) is 5.02 Å². The predicted molar refractivity (Wildman–Crippen MR) is 101 cm³/mol. The van der Waals surface area contributed by atoms with Crippen LogP contribution >= 0.6 is 11.6 Å². The molecule has 1 aromatic heterocycles. The normalized spacial score (nSPS) is 12.2. The van der Waals surface area contributed by atoms with Gasteiger partial charge in [0.05, 0.1) is 12.7 Å². The third-order valence-corrected chi connectivity index (χ3v) is 3.84. The number of esters is 2. The first-order valence-corrected chi connectivity index (χ1v) is 8.47. The number of aliphatic imine (C=N–C) groups is 1. The first-order valence-electron chi connectivity index (χ1n) is 8.09. The number of methoxy groups -OCH3 is 1. The minimum absolute atomic E-state index is 0.113. The number of ether oxygens (including phenoxy) is 2. The van der Waals surface area contributed by atoms with Crippen molar-refractivity contribution < 1.29 is 24.2 Å². The van der Waals surface area contributed by atoms with Crippen LogP contribution in [0.5, 0.6) is 11.5 Å². The van der Waals surface area contributed by atoms with E-state index in [1.807, 2.05) is 13.8 Å². The van der Waals surface area contributed by atoms with Gasteiger partial charge in [-0.05, 0) is 24.1 Å². The molecule has 0 aliphatic carbocycles. The van der Waals surface area contributed by atoms with E-state index in [0.717, 1.165) is 0 Å². The molecule has 0 radical (unpaired) electrons. The molecular weight excluding hydrogens is 372 g/mol. The highest BCUT2D eigenvalue weighted by Gasteiger charge is 2.22. The summed E-state index contributed by atoms with van der Waals surface area (Å²) in [6.07, 6.45) is 4.16. The number of phenolic OH excluding ortho intramolecular Hbond substituents is 1. The number of carbonyl (C=O) groups is 2. The number of phenols is 1. The van der Waals surface area contributed by atoms with Crippen molar-refractivity contribution in [3.05, 3.63) is 52.8 Å². The maximum absolute atomic E-state index is 12.2. The number of aromatic hydroxyl groups is 1. The summed E-state index contributed by atoms with van der Waals surface area (Å²) in [5.41, 5.74) is 0.420. The van der Waals surface area contributed by atoms with Gasteiger partial charge in [0.15, 0.2) is 11.5 Å². The van der Waals surface area contributed by atoms with Crippen LogP contribution in [0.3, 0.4) is 0 Å². The van der Waals surface area contributed by atoms with Gasteiger partial charge in [0.25, 0.3) is 0 Å². The fourth-order valence-corrected chi connectivity index (χ4v) is 2.42. The van der Waals surface area contributed by atoms with Crippen LogP contribution in [-0.4, -0.2) is 41.4 Å². The maximum atomic E-state index is 12.2. The van der Waals surface area contributed by atoms with E-state index in [1.165, 1.54) is 43.9 Å². The Morgan fingerprint density at radius 3 is 2.67 bits per heavy atom. The summed E-state index contributed by atoms with van der Waals surface area (Å²) in [4.78, 5) is 32.0. The van der Waals surface area contributed by atoms with Crippen LogP contribution in [-0.2, 0) is 9.53 Å². The molecule has 0 fully saturated rings. The van der Waals surface area contributed by atoms with E-state index in [-0.39, 0.29) is 33.6 Å². The zero-order valence-corrected chi connectivity index (χ0v) is 15.8. The molecule has 27 heavy (non-hydrogen) atoms. The monoisotopic (exact) mass is 390 g/mol. The van der Waals surface area contributed by atoms with Gasteiger partial charge < -0.3 is 14.6 Å². The first-order chi connectivity index (χ1) is 12.8. The number of rotatable bonds is 6. The SMILES string of the molecule is COC(=O)C(N=Cc1cc(Cl)cc(OC(=O)c2cccnc2)c1O)C(C)C. The smallest absolute Gasteiger partial charge is 0.345 e. The standard InChI is InChI=1S/C19H19ClN2O5/c1-11(2)16(19(25)26-3)22-10-13-7-14(20)8-15(17(13)23)27-18(24)12-5-4-6-21-9-12/h4-11,16,23H,1-3H3. The van der Waals surface area contributed by atoms with Crippen molar-refractivity contribution in [2.75, 3.05) is 7.11 Å². The van der Waals surface area contributed by atoms with E-state index in [9.17, 15) is 14.7 Å². The highest BCUT2D eigenvalue weighted by molar-refractivity contribution is 6.31. The van der Waals surface area contributed by atoms with Crippen LogP contribution in [0.25, 0.3) is 0 Å². The number of pyridine rings is 1. The summed E-state index contributed by atoms with van der Waals surface area (Å²) in [7, 11) is 1.28. The second kappa shape index (κ2) is 9.14. The summed E-state index contributed by atoms with van der Waals surface area (Å²) in [6, 6.07) is 5.13. The third-order valence-electron chi connectivity index (χ3n) is 3.62. The fourth-order valence-electron chi connectivity index (χ4n) is 2.20. The predicted octanol–water partition coefficient (Wildman–Crippen LogP) is 3.28. The van der Waals surface area contributed by atoms with Crippen molar-refractivity contribution in [3.63, 3.8) is 0 Å². The molecule has 1 N–H and O–H groups in total. The summed E-state index contributed by atoms with van der Waals surface area (Å²) < 4.78 is 9.93. The average Bonchev–Trinajstić information content (AvgIpc) is 2.65. The summed E-state index contributed by atoms with van der Waals surface area (Å²) >= 11 is 6.05. The molecule has 0 spiro atoms. The average molecular weight is 391 g/mol. The Bertz CT molecular complexity index is 853. The van der Waals surface area contributed by atoms with E-state index in [4.69, 9.17) is 21.1 Å². The lowest BCUT2D eigenvalue weighted by atomic mass is 10.1. The zero-order chi connectivity index (χ0) is 20.0. The molecule has 1 atom stereocenters. The van der Waals surface area contributed by atoms with Crippen LogP contribution in [0, 0.1) is 5.92 Å². The second-order valence-electron chi connectivity index (χ2n) is 5.96. The van der Waals surface area contributed by atoms with E-state index in [0.29, 0.717) is 0 Å². The van der Waals surface area contributed by atoms with E-state index < -0.39 is 18.0 Å². The van der Waals surface area contributed by atoms with E-state index >= 15 is 0 Å². The van der Waals surface area contributed by atoms with Crippen molar-refractivity contribution >= 4 is 29.8 Å². The lowest BCUT2D eigenvalue weighted by Gasteiger charge is -2.14. The number of hydrogen-bond donors (Lipinski definition) is 1. The first kappa shape index (κ1) is 20.4. The molecule has 142 valence electrons. The van der Waals surface area contributed by atoms with Crippen LogP contribution < -0.4 is 4.74 Å². The second-order valence-corrected chi connectivity index (χ2v) is 6.40. The Kier molecular flexibility index (Phi) is 6.90. The van der Waals surface area contributed by atoms with E-state index in [1.54, 1.807) is 6.07 Å². The largest absolute Gasteiger partial charge is 0.504 e. The molecule has 0 saturated carbocycles. The van der Waals surface area contributed by atoms with Gasteiger partial charge in [0.1, 0.15) is 6.04 Å².